The lowest BCUT2D eigenvalue weighted by molar-refractivity contribution is -0.138. The number of nitrogens with zero attached hydrogens (tertiary/aromatic N) is 3. The van der Waals surface area contributed by atoms with Crippen LogP contribution in [0.15, 0.2) is 54.6 Å². The third-order valence-corrected chi connectivity index (χ3v) is 7.56. The van der Waals surface area contributed by atoms with Crippen molar-refractivity contribution in [3.05, 3.63) is 65.7 Å². The summed E-state index contributed by atoms with van der Waals surface area (Å²) >= 11 is 0. The van der Waals surface area contributed by atoms with Gasteiger partial charge in [-0.05, 0) is 69.0 Å². The van der Waals surface area contributed by atoms with Crippen LogP contribution in [0.3, 0.4) is 0 Å². The number of carbonyl (C=O) groups is 4. The van der Waals surface area contributed by atoms with Gasteiger partial charge < -0.3 is 20.0 Å². The number of benzene rings is 2. The summed E-state index contributed by atoms with van der Waals surface area (Å²) in [6, 6.07) is 14.5. The third kappa shape index (κ3) is 5.59. The van der Waals surface area contributed by atoms with Gasteiger partial charge in [-0.2, -0.15) is 0 Å². The largest absolute Gasteiger partial charge is 0.372 e. The number of nitrogens with one attached hydrogen (secondary N) is 1. The molecule has 0 spiro atoms. The van der Waals surface area contributed by atoms with Gasteiger partial charge in [-0.15, -0.1) is 0 Å². The number of fused-ring (bicyclic) bond motifs is 1. The number of ketones is 1. The van der Waals surface area contributed by atoms with Gasteiger partial charge in [-0.1, -0.05) is 32.0 Å². The lowest BCUT2D eigenvalue weighted by atomic mass is 10.0. The molecular formula is C30H38N4O4. The Balaban J connectivity index is 1.48. The third-order valence-electron chi connectivity index (χ3n) is 7.56. The lowest BCUT2D eigenvalue weighted by Gasteiger charge is -2.29. The molecule has 1 N–H and O–H groups in total. The molecule has 2 heterocycles. The summed E-state index contributed by atoms with van der Waals surface area (Å²) in [7, 11) is 0. The van der Waals surface area contributed by atoms with Crippen LogP contribution < -0.4 is 10.2 Å². The topological polar surface area (TPSA) is 90.0 Å². The summed E-state index contributed by atoms with van der Waals surface area (Å²) in [5, 5.41) is 2.94. The second-order valence-corrected chi connectivity index (χ2v) is 10.5. The summed E-state index contributed by atoms with van der Waals surface area (Å²) in [6.07, 6.45) is 0.993. The highest BCUT2D eigenvalue weighted by Gasteiger charge is 2.52. The van der Waals surface area contributed by atoms with Gasteiger partial charge in [0.25, 0.3) is 11.8 Å². The Morgan fingerprint density at radius 1 is 0.947 bits per heavy atom. The predicted molar refractivity (Wildman–Crippen MR) is 147 cm³/mol. The average molecular weight is 519 g/mol. The number of rotatable bonds is 9. The highest BCUT2D eigenvalue weighted by molar-refractivity contribution is 6.03. The number of amides is 3. The molecule has 0 aliphatic carbocycles. The zero-order valence-electron chi connectivity index (χ0n) is 22.7. The van der Waals surface area contributed by atoms with Gasteiger partial charge in [-0.3, -0.25) is 19.2 Å². The number of hydrogen-bond acceptors (Lipinski definition) is 5. The minimum absolute atomic E-state index is 0.00701. The standard InChI is InChI=1S/C30H38N4O4/c1-5-32(6-2)23-14-12-21(13-15-23)28(36)31-24(18-20(3)4)30(38)33-17-16-25-27(33)26(35)19-34(25)29(37)22-10-8-7-9-11-22/h7-15,20,24-25,27H,5-6,16-19H2,1-4H3,(H,31,36). The first kappa shape index (κ1) is 27.4. The summed E-state index contributed by atoms with van der Waals surface area (Å²) in [5.41, 5.74) is 2.06. The van der Waals surface area contributed by atoms with Crippen LogP contribution in [0.1, 0.15) is 61.3 Å². The molecular weight excluding hydrogens is 480 g/mol. The van der Waals surface area contributed by atoms with E-state index in [9.17, 15) is 19.2 Å². The molecule has 2 aromatic carbocycles. The summed E-state index contributed by atoms with van der Waals surface area (Å²) in [5.74, 6) is -0.748. The van der Waals surface area contributed by atoms with E-state index < -0.39 is 12.1 Å². The van der Waals surface area contributed by atoms with Crippen LogP contribution in [-0.4, -0.2) is 77.6 Å². The zero-order chi connectivity index (χ0) is 27.4. The van der Waals surface area contributed by atoms with Gasteiger partial charge in [0, 0.05) is 36.4 Å². The molecule has 38 heavy (non-hydrogen) atoms. The van der Waals surface area contributed by atoms with Crippen molar-refractivity contribution in [2.75, 3.05) is 31.1 Å². The first-order valence-electron chi connectivity index (χ1n) is 13.6. The molecule has 2 aliphatic rings. The normalized spacial score (nSPS) is 19.4. The van der Waals surface area contributed by atoms with Crippen LogP contribution in [0.5, 0.6) is 0 Å². The lowest BCUT2D eigenvalue weighted by Crippen LogP contribution is -2.53. The zero-order valence-corrected chi connectivity index (χ0v) is 22.7. The van der Waals surface area contributed by atoms with Gasteiger partial charge in [0.15, 0.2) is 5.78 Å². The second kappa shape index (κ2) is 11.8. The molecule has 2 aromatic rings. The van der Waals surface area contributed by atoms with Gasteiger partial charge >= 0.3 is 0 Å². The first-order valence-corrected chi connectivity index (χ1v) is 13.6. The van der Waals surface area contributed by atoms with Crippen molar-refractivity contribution in [3.8, 4) is 0 Å². The van der Waals surface area contributed by atoms with E-state index in [-0.39, 0.29) is 42.0 Å². The van der Waals surface area contributed by atoms with Crippen LogP contribution in [0.2, 0.25) is 0 Å². The van der Waals surface area contributed by atoms with E-state index in [2.05, 4.69) is 24.1 Å². The minimum atomic E-state index is -0.754. The maximum Gasteiger partial charge on any atom is 0.254 e. The fourth-order valence-corrected chi connectivity index (χ4v) is 5.63. The minimum Gasteiger partial charge on any atom is -0.372 e. The Bertz CT molecular complexity index is 1160. The molecule has 0 radical (unpaired) electrons. The molecule has 8 nitrogen and oxygen atoms in total. The van der Waals surface area contributed by atoms with Crippen molar-refractivity contribution in [3.63, 3.8) is 0 Å². The van der Waals surface area contributed by atoms with Gasteiger partial charge in [0.05, 0.1) is 12.6 Å². The first-order chi connectivity index (χ1) is 18.2. The molecule has 3 amide bonds. The fraction of sp³-hybridized carbons (Fsp3) is 0.467. The van der Waals surface area contributed by atoms with Crippen molar-refractivity contribution in [2.24, 2.45) is 5.92 Å². The number of anilines is 1. The Morgan fingerprint density at radius 3 is 2.21 bits per heavy atom. The number of Topliss-reactive ketones (excluding diaryl/α,β-unsaturated/α-hetero) is 1. The van der Waals surface area contributed by atoms with Crippen LogP contribution >= 0.6 is 0 Å². The van der Waals surface area contributed by atoms with Crippen molar-refractivity contribution in [1.82, 2.24) is 15.1 Å². The molecule has 3 atom stereocenters. The molecule has 8 heteroatoms. The summed E-state index contributed by atoms with van der Waals surface area (Å²) in [4.78, 5) is 58.5. The maximum absolute atomic E-state index is 13.8. The van der Waals surface area contributed by atoms with Crippen LogP contribution in [0.25, 0.3) is 0 Å². The molecule has 4 rings (SSSR count). The smallest absolute Gasteiger partial charge is 0.254 e. The van der Waals surface area contributed by atoms with Crippen LogP contribution in [0, 0.1) is 5.92 Å². The van der Waals surface area contributed by atoms with Gasteiger partial charge in [-0.25, -0.2) is 0 Å². The Labute approximate surface area is 225 Å². The van der Waals surface area contributed by atoms with Crippen LogP contribution in [0.4, 0.5) is 5.69 Å². The van der Waals surface area contributed by atoms with Crippen molar-refractivity contribution in [1.29, 1.82) is 0 Å². The molecule has 0 aromatic heterocycles. The highest BCUT2D eigenvalue weighted by atomic mass is 16.2. The predicted octanol–water partition coefficient (Wildman–Crippen LogP) is 3.37. The average Bonchev–Trinajstić information content (AvgIpc) is 3.50. The second-order valence-electron chi connectivity index (χ2n) is 10.5. The number of likely N-dealkylation sites (tertiary alicyclic amines) is 2. The highest BCUT2D eigenvalue weighted by Crippen LogP contribution is 2.32. The summed E-state index contributed by atoms with van der Waals surface area (Å²) in [6.45, 7) is 10.3. The SMILES string of the molecule is CCN(CC)c1ccc(C(=O)NC(CC(C)C)C(=O)N2CCC3C2C(=O)CN3C(=O)c2ccccc2)cc1. The molecule has 3 unspecified atom stereocenters. The van der Waals surface area contributed by atoms with E-state index in [1.165, 1.54) is 0 Å². The number of hydrogen-bond donors (Lipinski definition) is 1. The monoisotopic (exact) mass is 518 g/mol. The van der Waals surface area contributed by atoms with Crippen molar-refractivity contribution < 1.29 is 19.2 Å². The molecule has 2 saturated heterocycles. The van der Waals surface area contributed by atoms with E-state index in [0.29, 0.717) is 30.5 Å². The summed E-state index contributed by atoms with van der Waals surface area (Å²) < 4.78 is 0. The fourth-order valence-electron chi connectivity index (χ4n) is 5.63. The maximum atomic E-state index is 13.8. The van der Waals surface area contributed by atoms with E-state index in [4.69, 9.17) is 0 Å². The molecule has 2 aliphatic heterocycles. The molecule has 2 fully saturated rings. The van der Waals surface area contributed by atoms with Gasteiger partial charge in [0.1, 0.15) is 12.1 Å². The Kier molecular flexibility index (Phi) is 8.49. The van der Waals surface area contributed by atoms with E-state index in [1.807, 2.05) is 32.0 Å². The molecule has 202 valence electrons. The Hall–Kier alpha value is -3.68. The van der Waals surface area contributed by atoms with Gasteiger partial charge in [0.2, 0.25) is 5.91 Å². The Morgan fingerprint density at radius 2 is 1.61 bits per heavy atom. The van der Waals surface area contributed by atoms with Crippen molar-refractivity contribution in [2.45, 2.75) is 58.7 Å². The van der Waals surface area contributed by atoms with Crippen LogP contribution in [-0.2, 0) is 9.59 Å². The number of carbonyl (C=O) groups excluding carboxylic acids is 4. The van der Waals surface area contributed by atoms with E-state index >= 15 is 0 Å². The van der Waals surface area contributed by atoms with E-state index in [1.54, 1.807) is 46.2 Å². The molecule has 0 bridgehead atoms. The van der Waals surface area contributed by atoms with Crippen molar-refractivity contribution >= 4 is 29.2 Å². The molecule has 0 saturated carbocycles. The van der Waals surface area contributed by atoms with E-state index in [0.717, 1.165) is 18.8 Å². The quantitative estimate of drug-likeness (QED) is 0.550.